The van der Waals surface area contributed by atoms with E-state index in [2.05, 4.69) is 39.7 Å². The third-order valence-electron chi connectivity index (χ3n) is 3.42. The van der Waals surface area contributed by atoms with Gasteiger partial charge in [-0.3, -0.25) is 0 Å². The van der Waals surface area contributed by atoms with E-state index in [0.717, 1.165) is 30.2 Å². The molecule has 0 saturated heterocycles. The zero-order chi connectivity index (χ0) is 13.1. The normalized spacial score (nSPS) is 14.4. The average Bonchev–Trinajstić information content (AvgIpc) is 3.30. The number of nitrogens with zero attached hydrogens (tertiary/aromatic N) is 2. The Bertz CT molecular complexity index is 549. The van der Waals surface area contributed by atoms with Crippen LogP contribution in [0.2, 0.25) is 0 Å². The van der Waals surface area contributed by atoms with Gasteiger partial charge in [0.1, 0.15) is 11.6 Å². The lowest BCUT2D eigenvalue weighted by Crippen LogP contribution is -2.12. The molecule has 2 aromatic rings. The first-order chi connectivity index (χ1) is 9.35. The minimum absolute atomic E-state index is 0.616. The van der Waals surface area contributed by atoms with Crippen LogP contribution in [-0.4, -0.2) is 9.97 Å². The van der Waals surface area contributed by atoms with Gasteiger partial charge in [0.15, 0.2) is 0 Å². The van der Waals surface area contributed by atoms with Crippen LogP contribution in [0, 0.1) is 0 Å². The molecular weight excluding hydrogens is 236 g/mol. The first-order valence-corrected chi connectivity index (χ1v) is 6.73. The van der Waals surface area contributed by atoms with Gasteiger partial charge < -0.3 is 5.43 Å². The van der Waals surface area contributed by atoms with Crippen LogP contribution >= 0.6 is 0 Å². The average molecular weight is 254 g/mol. The highest BCUT2D eigenvalue weighted by Crippen LogP contribution is 2.39. The number of nitrogens with two attached hydrogens (primary N) is 1. The van der Waals surface area contributed by atoms with Gasteiger partial charge in [0, 0.05) is 24.1 Å². The molecule has 0 atom stereocenters. The Labute approximate surface area is 113 Å². The van der Waals surface area contributed by atoms with E-state index < -0.39 is 0 Å². The number of benzene rings is 1. The van der Waals surface area contributed by atoms with Crippen molar-refractivity contribution in [1.29, 1.82) is 0 Å². The fraction of sp³-hybridized carbons (Fsp3) is 0.333. The SMILES string of the molecule is NNc1cc(C2CC2)nc(CCc2ccccc2)n1. The van der Waals surface area contributed by atoms with Crippen LogP contribution in [0.4, 0.5) is 5.82 Å². The highest BCUT2D eigenvalue weighted by atomic mass is 15.3. The molecule has 3 rings (SSSR count). The van der Waals surface area contributed by atoms with Gasteiger partial charge in [-0.1, -0.05) is 30.3 Å². The third kappa shape index (κ3) is 3.09. The Morgan fingerprint density at radius 1 is 1.11 bits per heavy atom. The summed E-state index contributed by atoms with van der Waals surface area (Å²) in [5, 5.41) is 0. The maximum absolute atomic E-state index is 5.48. The molecule has 1 aliphatic carbocycles. The van der Waals surface area contributed by atoms with Gasteiger partial charge in [-0.05, 0) is 24.8 Å². The quantitative estimate of drug-likeness (QED) is 0.635. The smallest absolute Gasteiger partial charge is 0.143 e. The Balaban J connectivity index is 1.74. The fourth-order valence-electron chi connectivity index (χ4n) is 2.19. The summed E-state index contributed by atoms with van der Waals surface area (Å²) in [7, 11) is 0. The number of rotatable bonds is 5. The van der Waals surface area contributed by atoms with Crippen molar-refractivity contribution in [3.05, 3.63) is 53.5 Å². The lowest BCUT2D eigenvalue weighted by molar-refractivity contribution is 0.830. The highest BCUT2D eigenvalue weighted by Gasteiger charge is 2.26. The molecule has 1 aromatic carbocycles. The Morgan fingerprint density at radius 2 is 1.89 bits per heavy atom. The molecular formula is C15H18N4. The summed E-state index contributed by atoms with van der Waals surface area (Å²) in [6.45, 7) is 0. The van der Waals surface area contributed by atoms with Gasteiger partial charge in [0.2, 0.25) is 0 Å². The fourth-order valence-corrected chi connectivity index (χ4v) is 2.19. The van der Waals surface area contributed by atoms with Crippen molar-refractivity contribution in [2.24, 2.45) is 5.84 Å². The molecule has 1 aromatic heterocycles. The van der Waals surface area contributed by atoms with E-state index in [1.807, 2.05) is 12.1 Å². The topological polar surface area (TPSA) is 63.8 Å². The lowest BCUT2D eigenvalue weighted by Gasteiger charge is -2.07. The molecule has 1 fully saturated rings. The second-order valence-electron chi connectivity index (χ2n) is 5.00. The van der Waals surface area contributed by atoms with Crippen LogP contribution in [0.1, 0.15) is 35.8 Å². The summed E-state index contributed by atoms with van der Waals surface area (Å²) in [5.74, 6) is 7.69. The second-order valence-corrected chi connectivity index (χ2v) is 5.00. The molecule has 3 N–H and O–H groups in total. The van der Waals surface area contributed by atoms with E-state index in [-0.39, 0.29) is 0 Å². The molecule has 0 unspecified atom stereocenters. The summed E-state index contributed by atoms with van der Waals surface area (Å²) in [6, 6.07) is 12.4. The van der Waals surface area contributed by atoms with Crippen molar-refractivity contribution in [1.82, 2.24) is 9.97 Å². The van der Waals surface area contributed by atoms with Crippen molar-refractivity contribution >= 4 is 5.82 Å². The first kappa shape index (κ1) is 12.1. The van der Waals surface area contributed by atoms with E-state index in [1.54, 1.807) is 0 Å². The molecule has 0 bridgehead atoms. The molecule has 0 amide bonds. The molecule has 1 saturated carbocycles. The van der Waals surface area contributed by atoms with Gasteiger partial charge in [-0.25, -0.2) is 15.8 Å². The van der Waals surface area contributed by atoms with Crippen molar-refractivity contribution in [3.8, 4) is 0 Å². The van der Waals surface area contributed by atoms with Crippen molar-refractivity contribution in [2.45, 2.75) is 31.6 Å². The Kier molecular flexibility index (Phi) is 3.42. The van der Waals surface area contributed by atoms with E-state index in [4.69, 9.17) is 5.84 Å². The zero-order valence-electron chi connectivity index (χ0n) is 10.8. The number of hydrogen-bond acceptors (Lipinski definition) is 4. The molecule has 0 aliphatic heterocycles. The standard InChI is InChI=1S/C15H18N4/c16-19-15-10-13(12-7-8-12)17-14(18-15)9-6-11-4-2-1-3-5-11/h1-5,10,12H,6-9,16H2,(H,17,18,19). The predicted molar refractivity (Wildman–Crippen MR) is 75.7 cm³/mol. The molecule has 0 spiro atoms. The number of anilines is 1. The maximum Gasteiger partial charge on any atom is 0.143 e. The predicted octanol–water partition coefficient (Wildman–Crippen LogP) is 2.42. The number of hydrazine groups is 1. The second kappa shape index (κ2) is 5.36. The molecule has 19 heavy (non-hydrogen) atoms. The number of aryl methyl sites for hydroxylation is 2. The summed E-state index contributed by atoms with van der Waals surface area (Å²) in [5.41, 5.74) is 5.08. The summed E-state index contributed by atoms with van der Waals surface area (Å²) < 4.78 is 0. The van der Waals surface area contributed by atoms with Crippen molar-refractivity contribution in [2.75, 3.05) is 5.43 Å². The van der Waals surface area contributed by atoms with Crippen LogP contribution < -0.4 is 11.3 Å². The molecule has 4 nitrogen and oxygen atoms in total. The molecule has 1 aliphatic rings. The summed E-state index contributed by atoms with van der Waals surface area (Å²) in [6.07, 6.45) is 4.27. The van der Waals surface area contributed by atoms with E-state index in [1.165, 1.54) is 18.4 Å². The molecule has 0 radical (unpaired) electrons. The van der Waals surface area contributed by atoms with Crippen LogP contribution in [0.25, 0.3) is 0 Å². The van der Waals surface area contributed by atoms with Gasteiger partial charge in [-0.2, -0.15) is 0 Å². The van der Waals surface area contributed by atoms with E-state index in [9.17, 15) is 0 Å². The van der Waals surface area contributed by atoms with Gasteiger partial charge in [0.05, 0.1) is 0 Å². The number of nitrogens with one attached hydrogen (secondary N) is 1. The number of hydrogen-bond donors (Lipinski definition) is 2. The van der Waals surface area contributed by atoms with Gasteiger partial charge in [-0.15, -0.1) is 0 Å². The lowest BCUT2D eigenvalue weighted by atomic mass is 10.1. The van der Waals surface area contributed by atoms with Gasteiger partial charge in [0.25, 0.3) is 0 Å². The van der Waals surface area contributed by atoms with Crippen LogP contribution in [-0.2, 0) is 12.8 Å². The van der Waals surface area contributed by atoms with Crippen molar-refractivity contribution < 1.29 is 0 Å². The highest BCUT2D eigenvalue weighted by molar-refractivity contribution is 5.36. The first-order valence-electron chi connectivity index (χ1n) is 6.73. The maximum atomic E-state index is 5.48. The minimum atomic E-state index is 0.616. The Morgan fingerprint density at radius 3 is 2.58 bits per heavy atom. The van der Waals surface area contributed by atoms with E-state index >= 15 is 0 Å². The Hall–Kier alpha value is -1.94. The third-order valence-corrected chi connectivity index (χ3v) is 3.42. The largest absolute Gasteiger partial charge is 0.308 e. The minimum Gasteiger partial charge on any atom is -0.308 e. The van der Waals surface area contributed by atoms with Crippen LogP contribution in [0.5, 0.6) is 0 Å². The molecule has 98 valence electrons. The van der Waals surface area contributed by atoms with Gasteiger partial charge >= 0.3 is 0 Å². The van der Waals surface area contributed by atoms with Crippen molar-refractivity contribution in [3.63, 3.8) is 0 Å². The van der Waals surface area contributed by atoms with Crippen LogP contribution in [0.3, 0.4) is 0 Å². The monoisotopic (exact) mass is 254 g/mol. The molecule has 1 heterocycles. The number of aromatic nitrogens is 2. The van der Waals surface area contributed by atoms with Crippen LogP contribution in [0.15, 0.2) is 36.4 Å². The summed E-state index contributed by atoms with van der Waals surface area (Å²) in [4.78, 5) is 9.08. The van der Waals surface area contributed by atoms with E-state index in [0.29, 0.717) is 5.92 Å². The summed E-state index contributed by atoms with van der Waals surface area (Å²) >= 11 is 0. The molecule has 4 heteroatoms. The number of nitrogen functional groups attached to an aromatic ring is 1. The zero-order valence-corrected chi connectivity index (χ0v) is 10.8.